The molecule has 0 atom stereocenters. The molecule has 0 spiro atoms. The Kier molecular flexibility index (Phi) is 4.18. The van der Waals surface area contributed by atoms with Crippen LogP contribution in [0.1, 0.15) is 16.9 Å². The summed E-state index contributed by atoms with van der Waals surface area (Å²) in [4.78, 5) is 4.13. The maximum Gasteiger partial charge on any atom is 0.152 e. The molecule has 0 unspecified atom stereocenters. The molecule has 0 bridgehead atoms. The number of hydrogen-bond donors (Lipinski definition) is 2. The maximum absolute atomic E-state index is 5.69. The standard InChI is InChI=1S/C19H19N5O/c1-14-6-7-18(25-14)19-16(12-22-23-19)11-21-10-15-4-2-3-5-17(15)24-9-8-20-13-24/h2-9,12-13,21H,10-11H2,1H3,(H,22,23). The number of nitrogens with zero attached hydrogens (tertiary/aromatic N) is 3. The van der Waals surface area contributed by atoms with Crippen molar-refractivity contribution in [3.8, 4) is 17.1 Å². The zero-order valence-electron chi connectivity index (χ0n) is 13.9. The van der Waals surface area contributed by atoms with Crippen LogP contribution in [0.5, 0.6) is 0 Å². The summed E-state index contributed by atoms with van der Waals surface area (Å²) in [6.45, 7) is 3.38. The summed E-state index contributed by atoms with van der Waals surface area (Å²) < 4.78 is 7.71. The minimum absolute atomic E-state index is 0.698. The number of imidazole rings is 1. The normalized spacial score (nSPS) is 11.1. The average Bonchev–Trinajstić information content (AvgIpc) is 3.36. The Balaban J connectivity index is 1.47. The highest BCUT2D eigenvalue weighted by Crippen LogP contribution is 2.23. The van der Waals surface area contributed by atoms with Crippen LogP contribution in [-0.4, -0.2) is 19.7 Å². The summed E-state index contributed by atoms with van der Waals surface area (Å²) in [7, 11) is 0. The summed E-state index contributed by atoms with van der Waals surface area (Å²) in [5, 5.41) is 10.7. The molecule has 1 aromatic carbocycles. The summed E-state index contributed by atoms with van der Waals surface area (Å²) in [5.74, 6) is 1.70. The Bertz CT molecular complexity index is 952. The minimum atomic E-state index is 0.698. The second-order valence-corrected chi connectivity index (χ2v) is 5.88. The summed E-state index contributed by atoms with van der Waals surface area (Å²) >= 11 is 0. The molecule has 0 amide bonds. The van der Waals surface area contributed by atoms with E-state index in [1.165, 1.54) is 5.56 Å². The Hall–Kier alpha value is -3.12. The number of para-hydroxylation sites is 1. The molecule has 6 heteroatoms. The third-order valence-electron chi connectivity index (χ3n) is 4.11. The van der Waals surface area contributed by atoms with Gasteiger partial charge in [0.1, 0.15) is 11.5 Å². The van der Waals surface area contributed by atoms with E-state index in [1.807, 2.05) is 54.5 Å². The van der Waals surface area contributed by atoms with E-state index in [1.54, 1.807) is 6.20 Å². The summed E-state index contributed by atoms with van der Waals surface area (Å²) in [5.41, 5.74) is 4.33. The van der Waals surface area contributed by atoms with Crippen molar-refractivity contribution in [2.75, 3.05) is 0 Å². The molecule has 3 heterocycles. The van der Waals surface area contributed by atoms with Crippen molar-refractivity contribution in [2.45, 2.75) is 20.0 Å². The van der Waals surface area contributed by atoms with Crippen molar-refractivity contribution in [3.05, 3.63) is 78.2 Å². The van der Waals surface area contributed by atoms with Gasteiger partial charge in [0.2, 0.25) is 0 Å². The van der Waals surface area contributed by atoms with Gasteiger partial charge in [0, 0.05) is 31.0 Å². The largest absolute Gasteiger partial charge is 0.460 e. The predicted octanol–water partition coefficient (Wildman–Crippen LogP) is 3.45. The van der Waals surface area contributed by atoms with Crippen LogP contribution in [0.3, 0.4) is 0 Å². The van der Waals surface area contributed by atoms with Gasteiger partial charge in [-0.25, -0.2) is 4.98 Å². The molecule has 126 valence electrons. The van der Waals surface area contributed by atoms with Crippen LogP contribution in [0.4, 0.5) is 0 Å². The molecule has 4 rings (SSSR count). The van der Waals surface area contributed by atoms with E-state index >= 15 is 0 Å². The van der Waals surface area contributed by atoms with Crippen LogP contribution in [0.15, 0.2) is 65.7 Å². The average molecular weight is 333 g/mol. The minimum Gasteiger partial charge on any atom is -0.460 e. The highest BCUT2D eigenvalue weighted by molar-refractivity contribution is 5.56. The quantitative estimate of drug-likeness (QED) is 0.567. The number of rotatable bonds is 6. The number of hydrogen-bond acceptors (Lipinski definition) is 4. The van der Waals surface area contributed by atoms with Gasteiger partial charge in [0.05, 0.1) is 18.2 Å². The van der Waals surface area contributed by atoms with E-state index < -0.39 is 0 Å². The third kappa shape index (κ3) is 3.25. The van der Waals surface area contributed by atoms with E-state index in [2.05, 4.69) is 32.6 Å². The predicted molar refractivity (Wildman–Crippen MR) is 95.1 cm³/mol. The molecule has 0 fully saturated rings. The molecule has 25 heavy (non-hydrogen) atoms. The summed E-state index contributed by atoms with van der Waals surface area (Å²) in [6.07, 6.45) is 7.38. The number of aryl methyl sites for hydroxylation is 1. The molecule has 4 aromatic rings. The number of aromatic amines is 1. The molecular formula is C19H19N5O. The lowest BCUT2D eigenvalue weighted by Gasteiger charge is -2.11. The molecule has 0 aliphatic carbocycles. The molecule has 0 aliphatic heterocycles. The number of aromatic nitrogens is 4. The van der Waals surface area contributed by atoms with E-state index in [9.17, 15) is 0 Å². The first kappa shape index (κ1) is 15.4. The monoisotopic (exact) mass is 333 g/mol. The molecule has 0 saturated carbocycles. The molecule has 0 aliphatic rings. The zero-order valence-corrected chi connectivity index (χ0v) is 13.9. The van der Waals surface area contributed by atoms with Gasteiger partial charge in [-0.1, -0.05) is 18.2 Å². The second-order valence-electron chi connectivity index (χ2n) is 5.88. The fourth-order valence-electron chi connectivity index (χ4n) is 2.87. The van der Waals surface area contributed by atoms with Gasteiger partial charge in [-0.3, -0.25) is 5.10 Å². The van der Waals surface area contributed by atoms with Crippen LogP contribution in [0.25, 0.3) is 17.1 Å². The zero-order chi connectivity index (χ0) is 17.1. The Morgan fingerprint density at radius 1 is 1.12 bits per heavy atom. The number of H-pyrrole nitrogens is 1. The van der Waals surface area contributed by atoms with Gasteiger partial charge in [0.15, 0.2) is 5.76 Å². The van der Waals surface area contributed by atoms with Crippen molar-refractivity contribution < 1.29 is 4.42 Å². The fraction of sp³-hybridized carbons (Fsp3) is 0.158. The van der Waals surface area contributed by atoms with Gasteiger partial charge in [-0.15, -0.1) is 0 Å². The number of furan rings is 1. The van der Waals surface area contributed by atoms with E-state index in [0.717, 1.165) is 35.0 Å². The fourth-order valence-corrected chi connectivity index (χ4v) is 2.87. The third-order valence-corrected chi connectivity index (χ3v) is 4.11. The van der Waals surface area contributed by atoms with E-state index in [-0.39, 0.29) is 0 Å². The van der Waals surface area contributed by atoms with Crippen LogP contribution in [0.2, 0.25) is 0 Å². The van der Waals surface area contributed by atoms with Gasteiger partial charge in [0.25, 0.3) is 0 Å². The first-order valence-corrected chi connectivity index (χ1v) is 8.17. The number of nitrogens with one attached hydrogen (secondary N) is 2. The molecular weight excluding hydrogens is 314 g/mol. The molecule has 3 aromatic heterocycles. The van der Waals surface area contributed by atoms with Crippen molar-refractivity contribution in [2.24, 2.45) is 0 Å². The smallest absolute Gasteiger partial charge is 0.152 e. The first-order valence-electron chi connectivity index (χ1n) is 8.17. The lowest BCUT2D eigenvalue weighted by molar-refractivity contribution is 0.545. The Labute approximate surface area is 145 Å². The Morgan fingerprint density at radius 2 is 2.00 bits per heavy atom. The molecule has 6 nitrogen and oxygen atoms in total. The van der Waals surface area contributed by atoms with Crippen molar-refractivity contribution in [3.63, 3.8) is 0 Å². The SMILES string of the molecule is Cc1ccc(-c2[nH]ncc2CNCc2ccccc2-n2ccnc2)o1. The van der Waals surface area contributed by atoms with Crippen LogP contribution < -0.4 is 5.32 Å². The van der Waals surface area contributed by atoms with Crippen LogP contribution in [-0.2, 0) is 13.1 Å². The lowest BCUT2D eigenvalue weighted by atomic mass is 10.1. The van der Waals surface area contributed by atoms with Crippen molar-refractivity contribution >= 4 is 0 Å². The first-order chi connectivity index (χ1) is 12.3. The van der Waals surface area contributed by atoms with Crippen LogP contribution in [0, 0.1) is 6.92 Å². The lowest BCUT2D eigenvalue weighted by Crippen LogP contribution is -2.14. The molecule has 2 N–H and O–H groups in total. The van der Waals surface area contributed by atoms with Gasteiger partial charge >= 0.3 is 0 Å². The van der Waals surface area contributed by atoms with Gasteiger partial charge in [-0.05, 0) is 30.7 Å². The molecule has 0 saturated heterocycles. The van der Waals surface area contributed by atoms with Gasteiger partial charge < -0.3 is 14.3 Å². The maximum atomic E-state index is 5.69. The highest BCUT2D eigenvalue weighted by atomic mass is 16.3. The summed E-state index contributed by atoms with van der Waals surface area (Å²) in [6, 6.07) is 12.2. The van der Waals surface area contributed by atoms with E-state index in [4.69, 9.17) is 4.42 Å². The Morgan fingerprint density at radius 3 is 2.80 bits per heavy atom. The van der Waals surface area contributed by atoms with E-state index in [0.29, 0.717) is 6.54 Å². The number of benzene rings is 1. The molecule has 0 radical (unpaired) electrons. The second kappa shape index (κ2) is 6.78. The van der Waals surface area contributed by atoms with Crippen LogP contribution >= 0.6 is 0 Å². The topological polar surface area (TPSA) is 71.7 Å². The van der Waals surface area contributed by atoms with Gasteiger partial charge in [-0.2, -0.15) is 5.10 Å². The van der Waals surface area contributed by atoms with Crippen molar-refractivity contribution in [1.82, 2.24) is 25.1 Å². The van der Waals surface area contributed by atoms with Crippen molar-refractivity contribution in [1.29, 1.82) is 0 Å². The highest BCUT2D eigenvalue weighted by Gasteiger charge is 2.11.